The van der Waals surface area contributed by atoms with Crippen LogP contribution in [0.3, 0.4) is 0 Å². The highest BCUT2D eigenvalue weighted by atomic mass is 16.5. The van der Waals surface area contributed by atoms with Gasteiger partial charge in [-0.2, -0.15) is 5.10 Å². The molecule has 4 heterocycles. The molecule has 0 atom stereocenters. The highest BCUT2D eigenvalue weighted by Gasteiger charge is 2.26. The predicted molar refractivity (Wildman–Crippen MR) is 134 cm³/mol. The van der Waals surface area contributed by atoms with E-state index in [0.717, 1.165) is 23.9 Å². The van der Waals surface area contributed by atoms with Crippen molar-refractivity contribution < 1.29 is 23.8 Å². The van der Waals surface area contributed by atoms with Crippen LogP contribution in [0.15, 0.2) is 42.7 Å². The summed E-state index contributed by atoms with van der Waals surface area (Å²) < 4.78 is 17.7. The molecule has 2 saturated heterocycles. The van der Waals surface area contributed by atoms with Crippen LogP contribution in [0.1, 0.15) is 34.7 Å². The van der Waals surface area contributed by atoms with E-state index in [1.54, 1.807) is 43.1 Å². The molecule has 0 spiro atoms. The number of ether oxygens (including phenoxy) is 3. The number of hydrogen-bond donors (Lipinski definition) is 1. The zero-order chi connectivity index (χ0) is 25.1. The number of aromatic nitrogens is 2. The second-order valence-electron chi connectivity index (χ2n) is 9.05. The maximum Gasteiger partial charge on any atom is 0.321 e. The molecule has 1 N–H and O–H groups in total. The average Bonchev–Trinajstić information content (AvgIpc) is 3.36. The number of benzene rings is 1. The number of pyridine rings is 1. The van der Waals surface area contributed by atoms with Gasteiger partial charge in [-0.25, -0.2) is 9.31 Å². The molecule has 0 aliphatic carbocycles. The van der Waals surface area contributed by atoms with Crippen LogP contribution < -0.4 is 14.8 Å². The van der Waals surface area contributed by atoms with Crippen LogP contribution in [0.25, 0.3) is 5.52 Å². The lowest BCUT2D eigenvalue weighted by molar-refractivity contribution is 0.0304. The summed E-state index contributed by atoms with van der Waals surface area (Å²) in [4.78, 5) is 29.6. The summed E-state index contributed by atoms with van der Waals surface area (Å²) in [7, 11) is 3.15. The first-order valence-corrected chi connectivity index (χ1v) is 12.2. The Balaban J connectivity index is 1.24. The molecule has 1 aromatic carbocycles. The summed E-state index contributed by atoms with van der Waals surface area (Å²) in [6.07, 6.45) is 5.24. The minimum atomic E-state index is -0.145. The van der Waals surface area contributed by atoms with Gasteiger partial charge >= 0.3 is 6.03 Å². The van der Waals surface area contributed by atoms with Gasteiger partial charge in [0, 0.05) is 56.3 Å². The van der Waals surface area contributed by atoms with E-state index in [9.17, 15) is 9.59 Å². The van der Waals surface area contributed by atoms with Crippen molar-refractivity contribution in [1.82, 2.24) is 19.4 Å². The number of nitrogens with zero attached hydrogens (tertiary/aromatic N) is 4. The van der Waals surface area contributed by atoms with Crippen molar-refractivity contribution in [2.24, 2.45) is 0 Å². The van der Waals surface area contributed by atoms with E-state index in [1.165, 1.54) is 0 Å². The Labute approximate surface area is 209 Å². The van der Waals surface area contributed by atoms with Crippen LogP contribution in [0, 0.1) is 0 Å². The summed E-state index contributed by atoms with van der Waals surface area (Å²) in [6.45, 7) is 3.60. The van der Waals surface area contributed by atoms with E-state index in [-0.39, 0.29) is 11.9 Å². The Kier molecular flexibility index (Phi) is 6.95. The summed E-state index contributed by atoms with van der Waals surface area (Å²) in [5.74, 6) is 1.53. The Morgan fingerprint density at radius 1 is 0.972 bits per heavy atom. The molecule has 10 heteroatoms. The lowest BCUT2D eigenvalue weighted by Gasteiger charge is -2.32. The molecule has 0 bridgehead atoms. The summed E-state index contributed by atoms with van der Waals surface area (Å²) in [5.41, 5.74) is 3.22. The Morgan fingerprint density at radius 2 is 1.67 bits per heavy atom. The minimum Gasteiger partial charge on any atom is -0.497 e. The fraction of sp³-hybridized carbons (Fsp3) is 0.423. The van der Waals surface area contributed by atoms with Crippen molar-refractivity contribution >= 4 is 23.1 Å². The van der Waals surface area contributed by atoms with Gasteiger partial charge in [0.05, 0.1) is 44.7 Å². The fourth-order valence-corrected chi connectivity index (χ4v) is 4.85. The lowest BCUT2D eigenvalue weighted by atomic mass is 9.89. The Hall–Kier alpha value is -3.79. The fourth-order valence-electron chi connectivity index (χ4n) is 4.85. The monoisotopic (exact) mass is 493 g/mol. The van der Waals surface area contributed by atoms with Crippen molar-refractivity contribution in [2.75, 3.05) is 58.9 Å². The van der Waals surface area contributed by atoms with Gasteiger partial charge in [0.15, 0.2) is 0 Å². The van der Waals surface area contributed by atoms with E-state index >= 15 is 0 Å². The van der Waals surface area contributed by atoms with Gasteiger partial charge in [0.25, 0.3) is 5.91 Å². The highest BCUT2D eigenvalue weighted by Crippen LogP contribution is 2.31. The number of methoxy groups -OCH3 is 2. The summed E-state index contributed by atoms with van der Waals surface area (Å²) in [6, 6.07) is 9.29. The molecule has 36 heavy (non-hydrogen) atoms. The molecular formula is C26H31N5O5. The molecule has 5 rings (SSSR count). The van der Waals surface area contributed by atoms with E-state index in [4.69, 9.17) is 14.2 Å². The molecule has 2 fully saturated rings. The SMILES string of the molecule is COc1cc(NC(=O)N2CCC(c3ccn4ncc(C(=O)N5CCOCC5)c4c3)CC2)cc(OC)c1. The lowest BCUT2D eigenvalue weighted by Crippen LogP contribution is -2.40. The number of anilines is 1. The van der Waals surface area contributed by atoms with Crippen LogP contribution in [0.5, 0.6) is 11.5 Å². The zero-order valence-electron chi connectivity index (χ0n) is 20.6. The highest BCUT2D eigenvalue weighted by molar-refractivity contribution is 6.00. The third kappa shape index (κ3) is 4.94. The van der Waals surface area contributed by atoms with Crippen LogP contribution in [-0.2, 0) is 4.74 Å². The van der Waals surface area contributed by atoms with Gasteiger partial charge in [0.2, 0.25) is 0 Å². The predicted octanol–water partition coefficient (Wildman–Crippen LogP) is 3.24. The average molecular weight is 494 g/mol. The van der Waals surface area contributed by atoms with Gasteiger partial charge in [-0.1, -0.05) is 0 Å². The quantitative estimate of drug-likeness (QED) is 0.586. The molecule has 2 aliphatic heterocycles. The van der Waals surface area contributed by atoms with Crippen molar-refractivity contribution in [1.29, 1.82) is 0 Å². The topological polar surface area (TPSA) is 97.6 Å². The summed E-state index contributed by atoms with van der Waals surface area (Å²) >= 11 is 0. The third-order valence-corrected chi connectivity index (χ3v) is 6.93. The van der Waals surface area contributed by atoms with Gasteiger partial charge in [-0.15, -0.1) is 0 Å². The smallest absolute Gasteiger partial charge is 0.321 e. The number of nitrogens with one attached hydrogen (secondary N) is 1. The first-order chi connectivity index (χ1) is 17.6. The third-order valence-electron chi connectivity index (χ3n) is 6.93. The molecule has 3 aromatic rings. The van der Waals surface area contributed by atoms with Crippen LogP contribution >= 0.6 is 0 Å². The van der Waals surface area contributed by atoms with Gasteiger partial charge in [0.1, 0.15) is 11.5 Å². The maximum absolute atomic E-state index is 13.1. The second kappa shape index (κ2) is 10.4. The van der Waals surface area contributed by atoms with E-state index < -0.39 is 0 Å². The molecule has 10 nitrogen and oxygen atoms in total. The zero-order valence-corrected chi connectivity index (χ0v) is 20.6. The molecule has 0 unspecified atom stereocenters. The number of urea groups is 1. The van der Waals surface area contributed by atoms with Crippen molar-refractivity contribution in [2.45, 2.75) is 18.8 Å². The molecular weight excluding hydrogens is 462 g/mol. The number of amides is 3. The Bertz CT molecular complexity index is 1220. The van der Waals surface area contributed by atoms with Crippen molar-refractivity contribution in [3.63, 3.8) is 0 Å². The first-order valence-electron chi connectivity index (χ1n) is 12.2. The van der Waals surface area contributed by atoms with Crippen molar-refractivity contribution in [3.8, 4) is 11.5 Å². The number of hydrogen-bond acceptors (Lipinski definition) is 6. The summed E-state index contributed by atoms with van der Waals surface area (Å²) in [5, 5.41) is 7.33. The molecule has 0 saturated carbocycles. The number of piperidine rings is 1. The largest absolute Gasteiger partial charge is 0.497 e. The van der Waals surface area contributed by atoms with Gasteiger partial charge < -0.3 is 29.3 Å². The van der Waals surface area contributed by atoms with Gasteiger partial charge in [-0.3, -0.25) is 4.79 Å². The van der Waals surface area contributed by atoms with E-state index in [0.29, 0.717) is 68.1 Å². The standard InChI is InChI=1S/C26H31N5O5/c1-34-21-14-20(15-22(16-21)35-2)28-26(33)30-6-3-18(4-7-30)19-5-8-31-24(13-19)23(17-27-31)25(32)29-9-11-36-12-10-29/h5,8,13-18H,3-4,6-7,9-12H2,1-2H3,(H,28,33). The molecule has 190 valence electrons. The van der Waals surface area contributed by atoms with Gasteiger partial charge in [-0.05, 0) is 36.5 Å². The number of carbonyl (C=O) groups is 2. The second-order valence-corrected chi connectivity index (χ2v) is 9.05. The Morgan fingerprint density at radius 3 is 2.33 bits per heavy atom. The molecule has 2 aromatic heterocycles. The molecule has 0 radical (unpaired) electrons. The van der Waals surface area contributed by atoms with Crippen LogP contribution in [0.4, 0.5) is 10.5 Å². The number of rotatable bonds is 5. The first kappa shape index (κ1) is 23.9. The van der Waals surface area contributed by atoms with E-state index in [1.807, 2.05) is 16.0 Å². The molecule has 3 amide bonds. The van der Waals surface area contributed by atoms with Crippen LogP contribution in [0.2, 0.25) is 0 Å². The maximum atomic E-state index is 13.1. The minimum absolute atomic E-state index is 0.00823. The number of morpholine rings is 1. The van der Waals surface area contributed by atoms with Crippen molar-refractivity contribution in [3.05, 3.63) is 53.9 Å². The normalized spacial score (nSPS) is 16.7. The number of fused-ring (bicyclic) bond motifs is 1. The molecule has 2 aliphatic rings. The number of likely N-dealkylation sites (tertiary alicyclic amines) is 1. The van der Waals surface area contributed by atoms with Crippen LogP contribution in [-0.4, -0.2) is 85.0 Å². The van der Waals surface area contributed by atoms with E-state index in [2.05, 4.69) is 22.5 Å². The number of carbonyl (C=O) groups excluding carboxylic acids is 2.